The maximum atomic E-state index is 12.7. The Morgan fingerprint density at radius 1 is 0.486 bits per heavy atom. The fraction of sp³-hybridized carbons (Fsp3) is 0.0943. The number of benzene rings is 8. The van der Waals surface area contributed by atoms with Gasteiger partial charge in [0.25, 0.3) is 11.4 Å². The number of nitro groups is 2. The van der Waals surface area contributed by atoms with Crippen molar-refractivity contribution in [2.24, 2.45) is 0 Å². The van der Waals surface area contributed by atoms with Crippen molar-refractivity contribution in [1.82, 2.24) is 0 Å². The quantitative estimate of drug-likeness (QED) is 0.0377. The minimum Gasteiger partial charge on any atom is -1.00 e. The van der Waals surface area contributed by atoms with Crippen molar-refractivity contribution >= 4 is 39.7 Å². The Balaban J connectivity index is 0.000000462. The van der Waals surface area contributed by atoms with Crippen molar-refractivity contribution in [1.29, 1.82) is 0 Å². The summed E-state index contributed by atoms with van der Waals surface area (Å²) >= 11 is 2.27. The van der Waals surface area contributed by atoms with Crippen molar-refractivity contribution in [3.05, 3.63) is 245 Å². The van der Waals surface area contributed by atoms with E-state index >= 15 is 0 Å². The Morgan fingerprint density at radius 2 is 0.778 bits per heavy atom. The molecule has 0 heterocycles. The SMILES string of the molecule is Cc1cc(F)ccc1[N+](=O)[O-].Cc1cc(Oc2ccc(F)cc2)ccc1I.Cc1cc(Oc2ccc(F)cc2)ccc1N.Cc1cc(Oc2ccc(F)cc2)ccc1[N+](=O)[O-].Oc1ccc(F)cc1.[2H]CF.[H-].[Na+]. The van der Waals surface area contributed by atoms with E-state index in [9.17, 15) is 46.6 Å². The van der Waals surface area contributed by atoms with Gasteiger partial charge in [-0.25, -0.2) is 22.0 Å². The summed E-state index contributed by atoms with van der Waals surface area (Å²) in [5.74, 6) is 2.08. The van der Waals surface area contributed by atoms with Crippen LogP contribution in [-0.4, -0.2) is 22.1 Å². The molecule has 0 fully saturated rings. The molecule has 0 spiro atoms. The summed E-state index contributed by atoms with van der Waals surface area (Å²) in [6.07, 6.45) is 0. The monoisotopic (exact) mass is 1120 g/mol. The van der Waals surface area contributed by atoms with E-state index in [4.69, 9.17) is 26.4 Å². The summed E-state index contributed by atoms with van der Waals surface area (Å²) in [7, 11) is -1.00. The van der Waals surface area contributed by atoms with Gasteiger partial charge in [0.1, 0.15) is 69.3 Å². The molecule has 0 unspecified atom stereocenters. The standard InChI is InChI=1S/C13H10FIO.C13H10FNO3.C13H12FNO.C7H6FNO2.C6H5FO.CH3F.Na.H/c1-9-8-12(6-7-13(9)15)16-11-4-2-10(14)3-5-11;1-9-8-12(6-7-13(9)15(16)17)18-11-4-2-10(14)3-5-11;1-9-8-12(6-7-13(9)15)16-11-4-2-10(14)3-5-11;1-5-4-6(8)2-3-7(5)9(10)11;7-5-1-3-6(8)4-2-5;1-2;;/h2-8H,1H3;2-8H,1H3;2-8H,15H2,1H3;2-4H,1H3;1-4,8H;1H3;;/q;;;;;;+1;-1/i;;;;;1D;;. The van der Waals surface area contributed by atoms with Gasteiger partial charge >= 0.3 is 29.6 Å². The number of hydrogen-bond acceptors (Lipinski definition) is 9. The summed E-state index contributed by atoms with van der Waals surface area (Å²) in [6, 6.07) is 41.6. The van der Waals surface area contributed by atoms with Gasteiger partial charge in [-0.1, -0.05) is 0 Å². The number of phenols is 1. The number of nitrogen functional groups attached to an aromatic ring is 1. The number of alkyl halides is 1. The molecule has 8 aromatic rings. The number of rotatable bonds is 8. The molecule has 0 aliphatic rings. The zero-order valence-electron chi connectivity index (χ0n) is 41.3. The van der Waals surface area contributed by atoms with E-state index in [0.29, 0.717) is 39.9 Å². The van der Waals surface area contributed by atoms with Crippen LogP contribution in [0.2, 0.25) is 0 Å². The van der Waals surface area contributed by atoms with E-state index in [-0.39, 0.29) is 71.4 Å². The number of nitrogens with two attached hydrogens (primary N) is 1. The minimum atomic E-state index is -1.00. The first-order valence-corrected chi connectivity index (χ1v) is 21.6. The second kappa shape index (κ2) is 31.3. The zero-order valence-corrected chi connectivity index (χ0v) is 43.5. The molecule has 8 rings (SSSR count). The fourth-order valence-corrected chi connectivity index (χ4v) is 5.81. The first-order valence-electron chi connectivity index (χ1n) is 21.3. The van der Waals surface area contributed by atoms with Crippen LogP contribution in [-0.2, 0) is 0 Å². The molecule has 0 saturated carbocycles. The molecular formula is C53H47F6IN3NaO8. The van der Waals surface area contributed by atoms with Crippen molar-refractivity contribution in [2.45, 2.75) is 27.7 Å². The molecule has 0 amide bonds. The number of anilines is 1. The van der Waals surface area contributed by atoms with E-state index in [2.05, 4.69) is 22.6 Å². The first kappa shape index (κ1) is 59.2. The van der Waals surface area contributed by atoms with Crippen molar-refractivity contribution in [3.8, 4) is 40.2 Å². The smallest absolute Gasteiger partial charge is 1.00 e. The fourth-order valence-electron chi connectivity index (χ4n) is 5.47. The third kappa shape index (κ3) is 21.9. The maximum absolute atomic E-state index is 12.7. The van der Waals surface area contributed by atoms with Gasteiger partial charge in [0.2, 0.25) is 0 Å². The van der Waals surface area contributed by atoms with Crippen molar-refractivity contribution in [2.75, 3.05) is 12.9 Å². The predicted octanol–water partition coefficient (Wildman–Crippen LogP) is 13.2. The third-order valence-electron chi connectivity index (χ3n) is 9.07. The largest absolute Gasteiger partial charge is 1.00 e. The summed E-state index contributed by atoms with van der Waals surface area (Å²) in [6.45, 7) is 7.07. The second-order valence-electron chi connectivity index (χ2n) is 14.5. The number of halogens is 7. The zero-order chi connectivity index (χ0) is 53.3. The van der Waals surface area contributed by atoms with Crippen LogP contribution < -0.4 is 49.5 Å². The van der Waals surface area contributed by atoms with Crippen LogP contribution in [0.5, 0.6) is 40.2 Å². The van der Waals surface area contributed by atoms with Gasteiger partial charge in [-0.2, -0.15) is 0 Å². The van der Waals surface area contributed by atoms with Crippen LogP contribution in [0.4, 0.5) is 43.4 Å². The Labute approximate surface area is 450 Å². The molecule has 0 atom stereocenters. The number of hydrogen-bond donors (Lipinski definition) is 2. The van der Waals surface area contributed by atoms with Crippen LogP contribution in [0.25, 0.3) is 0 Å². The van der Waals surface area contributed by atoms with Crippen LogP contribution in [0.15, 0.2) is 170 Å². The summed E-state index contributed by atoms with van der Waals surface area (Å²) in [4.78, 5) is 19.9. The maximum Gasteiger partial charge on any atom is 1.00 e. The van der Waals surface area contributed by atoms with Gasteiger partial charge in [-0.05, 0) is 219 Å². The van der Waals surface area contributed by atoms with Gasteiger partial charge in [0.15, 0.2) is 0 Å². The van der Waals surface area contributed by atoms with Crippen LogP contribution in [0, 0.1) is 80.6 Å². The molecule has 0 aliphatic heterocycles. The van der Waals surface area contributed by atoms with Gasteiger partial charge in [0, 0.05) is 32.5 Å². The average molecular weight is 1120 g/mol. The van der Waals surface area contributed by atoms with Gasteiger partial charge in [-0.3, -0.25) is 24.6 Å². The Bertz CT molecular complexity index is 2870. The number of nitrogens with zero attached hydrogens (tertiary/aromatic N) is 2. The normalized spacial score (nSPS) is 9.79. The molecule has 0 radical (unpaired) electrons. The second-order valence-corrected chi connectivity index (χ2v) is 15.6. The molecule has 0 aromatic heterocycles. The van der Waals surface area contributed by atoms with E-state index in [1.807, 2.05) is 38.1 Å². The molecule has 72 heavy (non-hydrogen) atoms. The number of aromatic hydroxyl groups is 1. The molecule has 0 bridgehead atoms. The van der Waals surface area contributed by atoms with Crippen molar-refractivity contribution < 1.29 is 87.9 Å². The summed E-state index contributed by atoms with van der Waals surface area (Å²) < 4.78 is 95.7. The average Bonchev–Trinajstić information content (AvgIpc) is 3.33. The molecule has 11 nitrogen and oxygen atoms in total. The van der Waals surface area contributed by atoms with E-state index < -0.39 is 22.8 Å². The van der Waals surface area contributed by atoms with E-state index in [1.165, 1.54) is 101 Å². The molecule has 3 N–H and O–H groups in total. The molecular weight excluding hydrogens is 1070 g/mol. The Kier molecular flexibility index (Phi) is 25.7. The van der Waals surface area contributed by atoms with Crippen LogP contribution in [0.1, 0.15) is 25.1 Å². The van der Waals surface area contributed by atoms with E-state index in [0.717, 1.165) is 35.2 Å². The molecule has 19 heteroatoms. The Morgan fingerprint density at radius 3 is 1.11 bits per heavy atom. The topological polar surface area (TPSA) is 160 Å². The Hall–Kier alpha value is -7.13. The van der Waals surface area contributed by atoms with Gasteiger partial charge < -0.3 is 26.5 Å². The van der Waals surface area contributed by atoms with Crippen molar-refractivity contribution in [3.63, 3.8) is 0 Å². The minimum absolute atomic E-state index is 0. The number of aryl methyl sites for hydroxylation is 4. The molecule has 8 aromatic carbocycles. The molecule has 372 valence electrons. The number of nitro benzene ring substituents is 2. The van der Waals surface area contributed by atoms with Gasteiger partial charge in [0.05, 0.1) is 18.4 Å². The number of ether oxygens (including phenoxy) is 3. The van der Waals surface area contributed by atoms with Crippen LogP contribution >= 0.6 is 22.6 Å². The summed E-state index contributed by atoms with van der Waals surface area (Å²) in [5.41, 5.74) is 9.40. The third-order valence-corrected chi connectivity index (χ3v) is 10.3. The first-order chi connectivity index (χ1) is 34.2. The predicted molar refractivity (Wildman–Crippen MR) is 271 cm³/mol. The molecule has 0 aliphatic carbocycles. The number of phenolic OH excluding ortho intramolecular Hbond substituents is 1. The molecule has 0 saturated heterocycles. The summed E-state index contributed by atoms with van der Waals surface area (Å²) in [5, 5.41) is 29.5. The van der Waals surface area contributed by atoms with Gasteiger partial charge in [-0.15, -0.1) is 0 Å². The van der Waals surface area contributed by atoms with Crippen LogP contribution in [0.3, 0.4) is 0 Å². The van der Waals surface area contributed by atoms with E-state index in [1.54, 1.807) is 49.4 Å².